The first-order valence-corrected chi connectivity index (χ1v) is 20.0. The van der Waals surface area contributed by atoms with Gasteiger partial charge in [0.05, 0.1) is 36.1 Å². The number of aliphatic hydroxyl groups excluding tert-OH is 4. The van der Waals surface area contributed by atoms with E-state index in [9.17, 15) is 79.8 Å². The summed E-state index contributed by atoms with van der Waals surface area (Å²) in [5.41, 5.74) is 2.22. The number of Topliss-reactive ketones (excluding diaryl/α,β-unsaturated/α-hetero) is 4. The Hall–Kier alpha value is -5.16. The predicted octanol–water partition coefficient (Wildman–Crippen LogP) is -3.78. The van der Waals surface area contributed by atoms with Crippen LogP contribution in [0.3, 0.4) is 0 Å². The van der Waals surface area contributed by atoms with E-state index in [1.165, 1.54) is 62.3 Å². The second-order valence-corrected chi connectivity index (χ2v) is 17.5. The summed E-state index contributed by atoms with van der Waals surface area (Å²) in [6.45, 7) is 3.30. The number of fused-ring (bicyclic) bond motifs is 6. The van der Waals surface area contributed by atoms with E-state index in [1.54, 1.807) is 26.0 Å². The fourth-order valence-corrected chi connectivity index (χ4v) is 11.1. The molecule has 0 spiro atoms. The fourth-order valence-electron chi connectivity index (χ4n) is 11.1. The van der Waals surface area contributed by atoms with Crippen LogP contribution in [0.2, 0.25) is 0 Å². The van der Waals surface area contributed by atoms with Gasteiger partial charge in [-0.05, 0) is 74.4 Å². The first kappa shape index (κ1) is 49.3. The molecule has 0 aromatic heterocycles. The van der Waals surface area contributed by atoms with Crippen LogP contribution in [0, 0.1) is 23.7 Å². The maximum atomic E-state index is 13.6. The number of ketones is 4. The second kappa shape index (κ2) is 16.6. The van der Waals surface area contributed by atoms with E-state index in [1.807, 2.05) is 0 Å². The van der Waals surface area contributed by atoms with Crippen LogP contribution in [0.5, 0.6) is 11.5 Å². The van der Waals surface area contributed by atoms with E-state index < -0.39 is 151 Å². The average Bonchev–Trinajstić information content (AvgIpc) is 3.20. The van der Waals surface area contributed by atoms with Crippen LogP contribution in [-0.4, -0.2) is 187 Å². The van der Waals surface area contributed by atoms with Crippen LogP contribution in [-0.2, 0) is 28.8 Å². The van der Waals surface area contributed by atoms with Gasteiger partial charge < -0.3 is 62.5 Å². The number of aliphatic hydroxyl groups is 6. The number of phenolic OH excluding ortho intramolecular Hbond substituents is 2. The predicted molar refractivity (Wildman–Crippen MR) is 221 cm³/mol. The number of hydrogen-bond acceptors (Lipinski definition) is 18. The standard InChI is InChI=1S/2C22H24N2O8.Ca/c2*1-7-8-5-4-6-9(25)11(8)16(26)12-10(7)17(27)14-15(24(2)3)18(28)13(21(23)31)20(30)22(14,32)19(12)29;/h2*4-7,10,14-15,17,25-27,30,32H,1-3H3,(H2,23,31);/q;;+2/p-2/t2*7-,10+,14+,15-,17-,22-;/m00./s1. The number of carbonyl (C=O) groups is 6. The Kier molecular flexibility index (Phi) is 12.6. The van der Waals surface area contributed by atoms with Crippen LogP contribution < -0.4 is 21.7 Å². The molecule has 21 heteroatoms. The first-order valence-electron chi connectivity index (χ1n) is 20.0. The molecule has 2 aromatic rings. The van der Waals surface area contributed by atoms with E-state index >= 15 is 0 Å². The molecular weight excluding hydrogens is 881 g/mol. The molecule has 6 aliphatic rings. The molecule has 0 bridgehead atoms. The van der Waals surface area contributed by atoms with E-state index in [0.717, 1.165) is 0 Å². The zero-order chi connectivity index (χ0) is 47.7. The van der Waals surface area contributed by atoms with Crippen molar-refractivity contribution < 1.29 is 79.8 Å². The third-order valence-corrected chi connectivity index (χ3v) is 13.9. The van der Waals surface area contributed by atoms with Crippen molar-refractivity contribution in [3.8, 4) is 11.5 Å². The number of phenols is 2. The summed E-state index contributed by atoms with van der Waals surface area (Å²) in [5, 5.41) is 114. The van der Waals surface area contributed by atoms with Gasteiger partial charge in [0.1, 0.15) is 34.2 Å². The molecule has 8 rings (SSSR count). The van der Waals surface area contributed by atoms with Crippen LogP contribution in [0.25, 0.3) is 11.5 Å². The number of nitrogens with two attached hydrogens (primary N) is 2. The molecule has 0 unspecified atom stereocenters. The summed E-state index contributed by atoms with van der Waals surface area (Å²) in [4.78, 5) is 79.7. The quantitative estimate of drug-likeness (QED) is 0.104. The van der Waals surface area contributed by atoms with E-state index in [2.05, 4.69) is 0 Å². The van der Waals surface area contributed by atoms with Crippen LogP contribution >= 0.6 is 0 Å². The Morgan fingerprint density at radius 2 is 0.923 bits per heavy atom. The minimum absolute atomic E-state index is 0. The van der Waals surface area contributed by atoms with Crippen molar-refractivity contribution in [3.63, 3.8) is 0 Å². The van der Waals surface area contributed by atoms with Gasteiger partial charge in [-0.25, -0.2) is 0 Å². The molecule has 2 saturated carbocycles. The normalized spacial score (nSPS) is 33.8. The van der Waals surface area contributed by atoms with E-state index in [-0.39, 0.29) is 60.4 Å². The van der Waals surface area contributed by atoms with Gasteiger partial charge in [0.2, 0.25) is 0 Å². The Morgan fingerprint density at radius 3 is 1.20 bits per heavy atom. The smallest absolute Gasteiger partial charge is 0.872 e. The zero-order valence-corrected chi connectivity index (χ0v) is 38.0. The molecule has 12 atom stereocenters. The molecule has 0 heterocycles. The van der Waals surface area contributed by atoms with Crippen molar-refractivity contribution in [1.29, 1.82) is 0 Å². The number of primary amides is 2. The van der Waals surface area contributed by atoms with Gasteiger partial charge in [0.25, 0.3) is 11.8 Å². The molecule has 12 N–H and O–H groups in total. The molecule has 0 radical (unpaired) electrons. The summed E-state index contributed by atoms with van der Waals surface area (Å²) >= 11 is 0. The Labute approximate surface area is 400 Å². The third-order valence-electron chi connectivity index (χ3n) is 13.9. The minimum Gasteiger partial charge on any atom is -0.872 e. The molecule has 6 aliphatic carbocycles. The van der Waals surface area contributed by atoms with Crippen molar-refractivity contribution in [1.82, 2.24) is 9.80 Å². The van der Waals surface area contributed by atoms with Gasteiger partial charge in [-0.3, -0.25) is 38.6 Å². The number of rotatable bonds is 4. The molecule has 20 nitrogen and oxygen atoms in total. The molecule has 340 valence electrons. The summed E-state index contributed by atoms with van der Waals surface area (Å²) in [6, 6.07) is 6.01. The van der Waals surface area contributed by atoms with Gasteiger partial charge in [-0.15, -0.1) is 0 Å². The van der Waals surface area contributed by atoms with Crippen molar-refractivity contribution in [3.05, 3.63) is 92.5 Å². The number of hydrogen-bond donors (Lipinski definition) is 10. The molecule has 0 aliphatic heterocycles. The molecule has 2 amide bonds. The average molecular weight is 927 g/mol. The van der Waals surface area contributed by atoms with Crippen LogP contribution in [0.15, 0.2) is 70.2 Å². The van der Waals surface area contributed by atoms with Crippen molar-refractivity contribution in [2.75, 3.05) is 28.2 Å². The molecule has 2 fully saturated rings. The number of amides is 2. The Morgan fingerprint density at radius 1 is 0.615 bits per heavy atom. The number of likely N-dealkylation sites (N-methyl/N-ethyl adjacent to an activating group) is 2. The van der Waals surface area contributed by atoms with Crippen LogP contribution in [0.4, 0.5) is 0 Å². The van der Waals surface area contributed by atoms with Gasteiger partial charge in [0, 0.05) is 23.0 Å². The van der Waals surface area contributed by atoms with Crippen molar-refractivity contribution in [2.24, 2.45) is 35.1 Å². The maximum absolute atomic E-state index is 13.6. The number of nitrogens with zero attached hydrogens (tertiary/aromatic N) is 2. The molecular formula is C44H46CaN4O16. The van der Waals surface area contributed by atoms with Gasteiger partial charge in [-0.1, -0.05) is 49.6 Å². The number of benzene rings is 2. The third kappa shape index (κ3) is 6.51. The van der Waals surface area contributed by atoms with E-state index in [4.69, 9.17) is 11.5 Å². The van der Waals surface area contributed by atoms with E-state index in [0.29, 0.717) is 11.1 Å². The van der Waals surface area contributed by atoms with Crippen LogP contribution in [0.1, 0.15) is 47.9 Å². The van der Waals surface area contributed by atoms with Gasteiger partial charge >= 0.3 is 37.7 Å². The van der Waals surface area contributed by atoms with Gasteiger partial charge in [0.15, 0.2) is 34.3 Å². The largest absolute Gasteiger partial charge is 2.00 e. The number of aromatic hydroxyl groups is 2. The van der Waals surface area contributed by atoms with Gasteiger partial charge in [-0.2, -0.15) is 0 Å². The maximum Gasteiger partial charge on any atom is 2.00 e. The summed E-state index contributed by atoms with van der Waals surface area (Å²) in [5.74, 6) is -18.9. The summed E-state index contributed by atoms with van der Waals surface area (Å²) < 4.78 is 0. The van der Waals surface area contributed by atoms with Crippen molar-refractivity contribution in [2.45, 2.75) is 61.2 Å². The molecule has 65 heavy (non-hydrogen) atoms. The molecule has 2 aromatic carbocycles. The fraction of sp³-hybridized carbons (Fsp3) is 0.409. The molecule has 0 saturated heterocycles. The SMILES string of the molecule is C[C@H]1c2cccc(O)c2C([O-])=C2C(=O)[C@]3(O)C(O)=C(C(N)=O)C(=O)[C@@H](N(C)C)[C@@H]3[C@@H](O)[C@@H]21.C[C@H]1c2cccc(O)c2C([O-])=C2C(=O)[C@]3(O)C(O)=C(C(N)=O)C(=O)[C@@H](N(C)C)[C@@H]3[C@@H](O)[C@@H]21.[Ca+2]. The Bertz CT molecular complexity index is 2460. The minimum atomic E-state index is -2.93. The van der Waals surface area contributed by atoms with Crippen molar-refractivity contribution >= 4 is 84.2 Å². The Balaban J connectivity index is 0.000000212. The second-order valence-electron chi connectivity index (χ2n) is 17.5. The topological polar surface area (TPSA) is 369 Å². The summed E-state index contributed by atoms with van der Waals surface area (Å²) in [6.07, 6.45) is -3.26. The number of carbonyl (C=O) groups excluding carboxylic acids is 6. The monoisotopic (exact) mass is 926 g/mol. The first-order chi connectivity index (χ1) is 29.7. The zero-order valence-electron chi connectivity index (χ0n) is 35.8. The summed E-state index contributed by atoms with van der Waals surface area (Å²) in [7, 11) is 5.79.